The third-order valence-corrected chi connectivity index (χ3v) is 4.28. The summed E-state index contributed by atoms with van der Waals surface area (Å²) in [5, 5.41) is 2.97. The van der Waals surface area contributed by atoms with Crippen LogP contribution in [0, 0.1) is 0 Å². The molecule has 0 radical (unpaired) electrons. The van der Waals surface area contributed by atoms with Gasteiger partial charge in [-0.25, -0.2) is 4.79 Å². The standard InChI is InChI=1S/C19H22N2O3/c1-4-8-16-14-11-17(23-2)18(24-3)12-15(14)20-19(22)21(16)13-9-6-5-7-10-13/h5-7,9-12,16H,4,8H2,1-3H3,(H,20,22). The first-order valence-corrected chi connectivity index (χ1v) is 8.10. The average molecular weight is 326 g/mol. The van der Waals surface area contributed by atoms with Crippen LogP contribution in [0.3, 0.4) is 0 Å². The number of nitrogens with zero attached hydrogens (tertiary/aromatic N) is 1. The monoisotopic (exact) mass is 326 g/mol. The summed E-state index contributed by atoms with van der Waals surface area (Å²) in [7, 11) is 3.21. The summed E-state index contributed by atoms with van der Waals surface area (Å²) in [4.78, 5) is 14.6. The first-order chi connectivity index (χ1) is 11.7. The van der Waals surface area contributed by atoms with Crippen LogP contribution in [0.25, 0.3) is 0 Å². The van der Waals surface area contributed by atoms with Crippen LogP contribution in [-0.4, -0.2) is 20.3 Å². The molecular formula is C19H22N2O3. The first kappa shape index (κ1) is 16.2. The predicted molar refractivity (Wildman–Crippen MR) is 95.1 cm³/mol. The Morgan fingerprint density at radius 1 is 1.08 bits per heavy atom. The molecule has 0 saturated carbocycles. The van der Waals surface area contributed by atoms with Crippen LogP contribution in [-0.2, 0) is 0 Å². The van der Waals surface area contributed by atoms with E-state index in [0.717, 1.165) is 29.8 Å². The fraction of sp³-hybridized carbons (Fsp3) is 0.316. The highest BCUT2D eigenvalue weighted by Crippen LogP contribution is 2.43. The van der Waals surface area contributed by atoms with Gasteiger partial charge in [0, 0.05) is 17.3 Å². The number of amides is 2. The molecule has 0 fully saturated rings. The SMILES string of the molecule is CCCC1c2cc(OC)c(OC)cc2NC(=O)N1c1ccccc1. The Balaban J connectivity index is 2.12. The number of hydrogen-bond acceptors (Lipinski definition) is 3. The Morgan fingerprint density at radius 3 is 2.38 bits per heavy atom. The summed E-state index contributed by atoms with van der Waals surface area (Å²) in [6.07, 6.45) is 1.83. The second-order valence-corrected chi connectivity index (χ2v) is 5.73. The smallest absolute Gasteiger partial charge is 0.326 e. The molecule has 0 bridgehead atoms. The highest BCUT2D eigenvalue weighted by molar-refractivity contribution is 6.05. The van der Waals surface area contributed by atoms with Gasteiger partial charge in [-0.1, -0.05) is 31.5 Å². The van der Waals surface area contributed by atoms with Crippen molar-refractivity contribution >= 4 is 17.4 Å². The van der Waals surface area contributed by atoms with Crippen LogP contribution in [0.2, 0.25) is 0 Å². The number of benzene rings is 2. The minimum atomic E-state index is -0.126. The van der Waals surface area contributed by atoms with Gasteiger partial charge in [-0.3, -0.25) is 4.90 Å². The fourth-order valence-corrected chi connectivity index (χ4v) is 3.18. The zero-order chi connectivity index (χ0) is 17.1. The van der Waals surface area contributed by atoms with Crippen molar-refractivity contribution in [2.75, 3.05) is 24.4 Å². The van der Waals surface area contributed by atoms with E-state index < -0.39 is 0 Å². The number of anilines is 2. The van der Waals surface area contributed by atoms with Crippen LogP contribution < -0.4 is 19.7 Å². The van der Waals surface area contributed by atoms with Gasteiger partial charge in [0.1, 0.15) is 0 Å². The molecular weight excluding hydrogens is 304 g/mol. The lowest BCUT2D eigenvalue weighted by molar-refractivity contribution is 0.253. The Hall–Kier alpha value is -2.69. The molecule has 2 aromatic rings. The van der Waals surface area contributed by atoms with Gasteiger partial charge in [0.05, 0.1) is 25.9 Å². The molecule has 1 heterocycles. The summed E-state index contributed by atoms with van der Waals surface area (Å²) < 4.78 is 10.8. The van der Waals surface area contributed by atoms with Crippen molar-refractivity contribution in [2.24, 2.45) is 0 Å². The quantitative estimate of drug-likeness (QED) is 0.874. The molecule has 0 aliphatic carbocycles. The Kier molecular flexibility index (Phi) is 4.60. The van der Waals surface area contributed by atoms with Crippen molar-refractivity contribution in [1.29, 1.82) is 0 Å². The maximum Gasteiger partial charge on any atom is 0.326 e. The number of rotatable bonds is 5. The van der Waals surface area contributed by atoms with Crippen LogP contribution in [0.5, 0.6) is 11.5 Å². The molecule has 0 aromatic heterocycles. The average Bonchev–Trinajstić information content (AvgIpc) is 2.61. The molecule has 2 amide bonds. The molecule has 5 heteroatoms. The number of methoxy groups -OCH3 is 2. The fourth-order valence-electron chi connectivity index (χ4n) is 3.18. The van der Waals surface area contributed by atoms with E-state index in [4.69, 9.17) is 9.47 Å². The number of para-hydroxylation sites is 1. The number of carbonyl (C=O) groups excluding carboxylic acids is 1. The third kappa shape index (κ3) is 2.77. The number of hydrogen-bond donors (Lipinski definition) is 1. The van der Waals surface area contributed by atoms with Gasteiger partial charge in [-0.05, 0) is 24.6 Å². The second-order valence-electron chi connectivity index (χ2n) is 5.73. The molecule has 5 nitrogen and oxygen atoms in total. The van der Waals surface area contributed by atoms with E-state index in [9.17, 15) is 4.79 Å². The highest BCUT2D eigenvalue weighted by Gasteiger charge is 2.34. The minimum Gasteiger partial charge on any atom is -0.493 e. The van der Waals surface area contributed by atoms with Gasteiger partial charge in [0.25, 0.3) is 0 Å². The predicted octanol–water partition coefficient (Wildman–Crippen LogP) is 4.60. The number of carbonyl (C=O) groups is 1. The van der Waals surface area contributed by atoms with E-state index in [1.165, 1.54) is 0 Å². The molecule has 1 unspecified atom stereocenters. The molecule has 0 spiro atoms. The molecule has 24 heavy (non-hydrogen) atoms. The second kappa shape index (κ2) is 6.83. The molecule has 0 saturated heterocycles. The lowest BCUT2D eigenvalue weighted by Gasteiger charge is -2.37. The van der Waals surface area contributed by atoms with Gasteiger partial charge in [-0.15, -0.1) is 0 Å². The van der Waals surface area contributed by atoms with Gasteiger partial charge >= 0.3 is 6.03 Å². The van der Waals surface area contributed by atoms with Crippen LogP contribution in [0.4, 0.5) is 16.2 Å². The number of urea groups is 1. The molecule has 1 atom stereocenters. The minimum absolute atomic E-state index is 0.0408. The zero-order valence-corrected chi connectivity index (χ0v) is 14.2. The topological polar surface area (TPSA) is 50.8 Å². The van der Waals surface area contributed by atoms with Crippen molar-refractivity contribution in [1.82, 2.24) is 0 Å². The Labute approximate surface area is 142 Å². The summed E-state index contributed by atoms with van der Waals surface area (Å²) in [5.41, 5.74) is 2.70. The highest BCUT2D eigenvalue weighted by atomic mass is 16.5. The Bertz CT molecular complexity index is 731. The Morgan fingerprint density at radius 2 is 1.75 bits per heavy atom. The number of fused-ring (bicyclic) bond motifs is 1. The van der Waals surface area contributed by atoms with Crippen LogP contribution in [0.15, 0.2) is 42.5 Å². The first-order valence-electron chi connectivity index (χ1n) is 8.10. The van der Waals surface area contributed by atoms with E-state index in [-0.39, 0.29) is 12.1 Å². The summed E-state index contributed by atoms with van der Waals surface area (Å²) >= 11 is 0. The summed E-state index contributed by atoms with van der Waals surface area (Å²) in [6.45, 7) is 2.12. The zero-order valence-electron chi connectivity index (χ0n) is 14.2. The van der Waals surface area contributed by atoms with Crippen molar-refractivity contribution < 1.29 is 14.3 Å². The number of ether oxygens (including phenoxy) is 2. The maximum atomic E-state index is 12.7. The molecule has 3 rings (SSSR count). The van der Waals surface area contributed by atoms with Gasteiger partial charge in [-0.2, -0.15) is 0 Å². The van der Waals surface area contributed by atoms with Gasteiger partial charge in [0.15, 0.2) is 11.5 Å². The van der Waals surface area contributed by atoms with Crippen molar-refractivity contribution in [2.45, 2.75) is 25.8 Å². The van der Waals surface area contributed by atoms with E-state index in [1.54, 1.807) is 14.2 Å². The lowest BCUT2D eigenvalue weighted by atomic mass is 9.95. The number of nitrogens with one attached hydrogen (secondary N) is 1. The molecule has 126 valence electrons. The van der Waals surface area contributed by atoms with Gasteiger partial charge in [0.2, 0.25) is 0 Å². The van der Waals surface area contributed by atoms with Crippen LogP contribution >= 0.6 is 0 Å². The largest absolute Gasteiger partial charge is 0.493 e. The summed E-state index contributed by atoms with van der Waals surface area (Å²) in [6, 6.07) is 13.4. The lowest BCUT2D eigenvalue weighted by Crippen LogP contribution is -2.42. The molecule has 1 N–H and O–H groups in total. The van der Waals surface area contributed by atoms with E-state index in [2.05, 4.69) is 12.2 Å². The van der Waals surface area contributed by atoms with Crippen molar-refractivity contribution in [3.05, 3.63) is 48.0 Å². The van der Waals surface area contributed by atoms with E-state index >= 15 is 0 Å². The molecule has 2 aromatic carbocycles. The van der Waals surface area contributed by atoms with Crippen LogP contribution in [0.1, 0.15) is 31.4 Å². The van der Waals surface area contributed by atoms with Crippen molar-refractivity contribution in [3.8, 4) is 11.5 Å². The normalized spacial score (nSPS) is 16.4. The maximum absolute atomic E-state index is 12.7. The third-order valence-electron chi connectivity index (χ3n) is 4.28. The summed E-state index contributed by atoms with van der Waals surface area (Å²) in [5.74, 6) is 1.28. The van der Waals surface area contributed by atoms with E-state index in [1.807, 2.05) is 47.4 Å². The molecule has 1 aliphatic heterocycles. The molecule has 1 aliphatic rings. The van der Waals surface area contributed by atoms with Gasteiger partial charge < -0.3 is 14.8 Å². The van der Waals surface area contributed by atoms with Crippen molar-refractivity contribution in [3.63, 3.8) is 0 Å². The van der Waals surface area contributed by atoms with E-state index in [0.29, 0.717) is 11.5 Å².